The predicted molar refractivity (Wildman–Crippen MR) is 90.5 cm³/mol. The van der Waals surface area contributed by atoms with Crippen LogP contribution in [0.2, 0.25) is 0 Å². The van der Waals surface area contributed by atoms with Crippen molar-refractivity contribution < 1.29 is 0 Å². The standard InChI is InChI=1S/C17H22N6/c1-12-7-16(14(9-18)10-19-12)20-15-5-4-6-23(11-15)17-8-13(2)21-22(17)3/h7-8,10,15H,4-6,11H2,1-3H3,(H,19,20)/t15-/m1/s1. The summed E-state index contributed by atoms with van der Waals surface area (Å²) in [5.41, 5.74) is 3.44. The Morgan fingerprint density at radius 1 is 1.30 bits per heavy atom. The summed E-state index contributed by atoms with van der Waals surface area (Å²) in [4.78, 5) is 6.56. The number of piperidine rings is 1. The summed E-state index contributed by atoms with van der Waals surface area (Å²) >= 11 is 0. The second-order valence-corrected chi connectivity index (χ2v) is 6.18. The van der Waals surface area contributed by atoms with Crippen molar-refractivity contribution in [1.82, 2.24) is 14.8 Å². The third-order valence-corrected chi connectivity index (χ3v) is 4.24. The van der Waals surface area contributed by atoms with E-state index in [0.29, 0.717) is 11.6 Å². The molecule has 0 bridgehead atoms. The van der Waals surface area contributed by atoms with Crippen molar-refractivity contribution >= 4 is 11.5 Å². The summed E-state index contributed by atoms with van der Waals surface area (Å²) < 4.78 is 1.94. The zero-order valence-corrected chi connectivity index (χ0v) is 13.9. The molecule has 0 unspecified atom stereocenters. The second kappa shape index (κ2) is 6.29. The fourth-order valence-corrected chi connectivity index (χ4v) is 3.18. The molecule has 120 valence electrons. The van der Waals surface area contributed by atoms with E-state index in [-0.39, 0.29) is 0 Å². The van der Waals surface area contributed by atoms with Crippen LogP contribution >= 0.6 is 0 Å². The lowest BCUT2D eigenvalue weighted by atomic mass is 10.0. The van der Waals surface area contributed by atoms with Gasteiger partial charge in [0.2, 0.25) is 0 Å². The fourth-order valence-electron chi connectivity index (χ4n) is 3.18. The van der Waals surface area contributed by atoms with Gasteiger partial charge in [-0.2, -0.15) is 10.4 Å². The minimum atomic E-state index is 0.313. The summed E-state index contributed by atoms with van der Waals surface area (Å²) in [5.74, 6) is 1.15. The first kappa shape index (κ1) is 15.3. The number of pyridine rings is 1. The van der Waals surface area contributed by atoms with E-state index < -0.39 is 0 Å². The van der Waals surface area contributed by atoms with Gasteiger partial charge in [-0.1, -0.05) is 0 Å². The van der Waals surface area contributed by atoms with E-state index in [0.717, 1.165) is 48.8 Å². The van der Waals surface area contributed by atoms with Crippen molar-refractivity contribution in [2.24, 2.45) is 7.05 Å². The highest BCUT2D eigenvalue weighted by molar-refractivity contribution is 5.58. The predicted octanol–water partition coefficient (Wildman–Crippen LogP) is 2.38. The van der Waals surface area contributed by atoms with Gasteiger partial charge < -0.3 is 10.2 Å². The van der Waals surface area contributed by atoms with Crippen LogP contribution in [0.1, 0.15) is 29.8 Å². The van der Waals surface area contributed by atoms with Gasteiger partial charge in [0, 0.05) is 44.1 Å². The monoisotopic (exact) mass is 310 g/mol. The Kier molecular flexibility index (Phi) is 4.20. The Hall–Kier alpha value is -2.55. The number of nitriles is 1. The average molecular weight is 310 g/mol. The van der Waals surface area contributed by atoms with Gasteiger partial charge in [-0.05, 0) is 32.8 Å². The number of aromatic nitrogens is 3. The Balaban J connectivity index is 1.76. The van der Waals surface area contributed by atoms with Gasteiger partial charge >= 0.3 is 0 Å². The van der Waals surface area contributed by atoms with Gasteiger partial charge in [-0.3, -0.25) is 9.67 Å². The van der Waals surface area contributed by atoms with E-state index in [1.165, 1.54) is 0 Å². The fraction of sp³-hybridized carbons (Fsp3) is 0.471. The highest BCUT2D eigenvalue weighted by Gasteiger charge is 2.23. The van der Waals surface area contributed by atoms with E-state index in [9.17, 15) is 5.26 Å². The van der Waals surface area contributed by atoms with Crippen LogP contribution in [0.15, 0.2) is 18.3 Å². The molecule has 0 saturated carbocycles. The van der Waals surface area contributed by atoms with Crippen molar-refractivity contribution in [1.29, 1.82) is 5.26 Å². The molecule has 2 aromatic rings. The molecule has 2 aromatic heterocycles. The zero-order valence-electron chi connectivity index (χ0n) is 13.9. The Morgan fingerprint density at radius 3 is 2.83 bits per heavy atom. The van der Waals surface area contributed by atoms with Crippen LogP contribution in [-0.4, -0.2) is 33.9 Å². The van der Waals surface area contributed by atoms with Crippen LogP contribution in [0, 0.1) is 25.2 Å². The third kappa shape index (κ3) is 3.29. The molecule has 0 aromatic carbocycles. The first-order valence-electron chi connectivity index (χ1n) is 7.95. The highest BCUT2D eigenvalue weighted by Crippen LogP contribution is 2.23. The van der Waals surface area contributed by atoms with Crippen LogP contribution in [0.25, 0.3) is 0 Å². The lowest BCUT2D eigenvalue weighted by molar-refractivity contribution is 0.518. The van der Waals surface area contributed by atoms with Crippen molar-refractivity contribution in [2.45, 2.75) is 32.7 Å². The summed E-state index contributed by atoms with van der Waals surface area (Å²) in [6.45, 7) is 5.91. The molecule has 1 saturated heterocycles. The number of aryl methyl sites for hydroxylation is 3. The largest absolute Gasteiger partial charge is 0.379 e. The van der Waals surface area contributed by atoms with E-state index in [1.807, 2.05) is 31.6 Å². The molecule has 0 spiro atoms. The molecule has 1 atom stereocenters. The number of rotatable bonds is 3. The molecular weight excluding hydrogens is 288 g/mol. The van der Waals surface area contributed by atoms with Crippen LogP contribution in [0.4, 0.5) is 11.5 Å². The summed E-state index contributed by atoms with van der Waals surface area (Å²) in [5, 5.41) is 17.2. The van der Waals surface area contributed by atoms with Crippen LogP contribution in [0.5, 0.6) is 0 Å². The van der Waals surface area contributed by atoms with Crippen molar-refractivity contribution in [2.75, 3.05) is 23.3 Å². The number of hydrogen-bond donors (Lipinski definition) is 1. The van der Waals surface area contributed by atoms with Crippen LogP contribution in [-0.2, 0) is 7.05 Å². The quantitative estimate of drug-likeness (QED) is 0.942. The Bertz CT molecular complexity index is 742. The number of anilines is 2. The highest BCUT2D eigenvalue weighted by atomic mass is 15.4. The topological polar surface area (TPSA) is 69.8 Å². The van der Waals surface area contributed by atoms with Gasteiger partial charge in [0.1, 0.15) is 11.9 Å². The molecule has 0 amide bonds. The summed E-state index contributed by atoms with van der Waals surface area (Å²) in [7, 11) is 1.99. The lowest BCUT2D eigenvalue weighted by Gasteiger charge is -2.35. The minimum Gasteiger partial charge on any atom is -0.379 e. The molecule has 1 N–H and O–H groups in total. The van der Waals surface area contributed by atoms with Gasteiger partial charge in [0.05, 0.1) is 16.9 Å². The van der Waals surface area contributed by atoms with E-state index in [2.05, 4.69) is 32.4 Å². The number of hydrogen-bond acceptors (Lipinski definition) is 5. The smallest absolute Gasteiger partial charge is 0.126 e. The van der Waals surface area contributed by atoms with Crippen molar-refractivity contribution in [3.8, 4) is 6.07 Å². The van der Waals surface area contributed by atoms with Gasteiger partial charge in [0.15, 0.2) is 0 Å². The maximum atomic E-state index is 9.26. The molecule has 23 heavy (non-hydrogen) atoms. The Morgan fingerprint density at radius 2 is 2.13 bits per heavy atom. The minimum absolute atomic E-state index is 0.313. The molecule has 3 rings (SSSR count). The molecule has 6 heteroatoms. The normalized spacial score (nSPS) is 17.8. The molecule has 1 fully saturated rings. The Labute approximate surface area is 136 Å². The molecule has 1 aliphatic rings. The van der Waals surface area contributed by atoms with E-state index >= 15 is 0 Å². The average Bonchev–Trinajstić information content (AvgIpc) is 2.86. The molecule has 0 aliphatic carbocycles. The first-order valence-corrected chi connectivity index (χ1v) is 7.95. The van der Waals surface area contributed by atoms with Crippen molar-refractivity contribution in [3.63, 3.8) is 0 Å². The van der Waals surface area contributed by atoms with Crippen LogP contribution < -0.4 is 10.2 Å². The van der Waals surface area contributed by atoms with E-state index in [1.54, 1.807) is 6.20 Å². The summed E-state index contributed by atoms with van der Waals surface area (Å²) in [6.07, 6.45) is 3.86. The van der Waals surface area contributed by atoms with E-state index in [4.69, 9.17) is 0 Å². The molecule has 1 aliphatic heterocycles. The lowest BCUT2D eigenvalue weighted by Crippen LogP contribution is -2.43. The molecular formula is C17H22N6. The van der Waals surface area contributed by atoms with Gasteiger partial charge in [-0.25, -0.2) is 0 Å². The van der Waals surface area contributed by atoms with Gasteiger partial charge in [0.25, 0.3) is 0 Å². The maximum Gasteiger partial charge on any atom is 0.126 e. The maximum absolute atomic E-state index is 9.26. The molecule has 3 heterocycles. The molecule has 6 nitrogen and oxygen atoms in total. The van der Waals surface area contributed by atoms with Crippen LogP contribution in [0.3, 0.4) is 0 Å². The number of nitrogens with zero attached hydrogens (tertiary/aromatic N) is 5. The summed E-state index contributed by atoms with van der Waals surface area (Å²) in [6, 6.07) is 6.60. The third-order valence-electron chi connectivity index (χ3n) is 4.24. The first-order chi connectivity index (χ1) is 11.1. The van der Waals surface area contributed by atoms with Crippen molar-refractivity contribution in [3.05, 3.63) is 35.3 Å². The van der Waals surface area contributed by atoms with Gasteiger partial charge in [-0.15, -0.1) is 0 Å². The zero-order chi connectivity index (χ0) is 16.4. The second-order valence-electron chi connectivity index (χ2n) is 6.18. The number of nitrogens with one attached hydrogen (secondary N) is 1. The molecule has 0 radical (unpaired) electrons. The SMILES string of the molecule is Cc1cc(N[C@@H]2CCCN(c3cc(C)nn3C)C2)c(C#N)cn1.